The standard InChI is InChI=1S/C10H17ClN2O/c1-10(2,3)7-13-9(11)8(4-5-14)6-12-13/h6,14H,4-5,7H2,1-3H3. The lowest BCUT2D eigenvalue weighted by Crippen LogP contribution is -2.16. The Morgan fingerprint density at radius 3 is 2.64 bits per heavy atom. The van der Waals surface area contributed by atoms with Crippen molar-refractivity contribution >= 4 is 11.6 Å². The quantitative estimate of drug-likeness (QED) is 0.841. The first-order valence-electron chi connectivity index (χ1n) is 4.75. The van der Waals surface area contributed by atoms with E-state index in [0.29, 0.717) is 11.6 Å². The molecule has 0 aliphatic rings. The zero-order valence-corrected chi connectivity index (χ0v) is 9.67. The molecule has 0 unspecified atom stereocenters. The van der Waals surface area contributed by atoms with Crippen LogP contribution >= 0.6 is 11.6 Å². The van der Waals surface area contributed by atoms with E-state index in [1.807, 2.05) is 0 Å². The van der Waals surface area contributed by atoms with Crippen molar-refractivity contribution in [3.63, 3.8) is 0 Å². The van der Waals surface area contributed by atoms with Gasteiger partial charge in [0.05, 0.1) is 6.20 Å². The van der Waals surface area contributed by atoms with Crippen molar-refractivity contribution in [2.24, 2.45) is 5.41 Å². The van der Waals surface area contributed by atoms with E-state index in [1.54, 1.807) is 10.9 Å². The summed E-state index contributed by atoms with van der Waals surface area (Å²) in [6, 6.07) is 0. The third-order valence-corrected chi connectivity index (χ3v) is 2.29. The van der Waals surface area contributed by atoms with Gasteiger partial charge in [-0.25, -0.2) is 0 Å². The van der Waals surface area contributed by atoms with Gasteiger partial charge in [0.1, 0.15) is 5.15 Å². The molecule has 1 rings (SSSR count). The second-order valence-electron chi connectivity index (χ2n) is 4.65. The van der Waals surface area contributed by atoms with Crippen LogP contribution in [0.3, 0.4) is 0 Å². The van der Waals surface area contributed by atoms with Gasteiger partial charge >= 0.3 is 0 Å². The van der Waals surface area contributed by atoms with Crippen molar-refractivity contribution in [1.82, 2.24) is 9.78 Å². The molecule has 0 spiro atoms. The van der Waals surface area contributed by atoms with Gasteiger partial charge < -0.3 is 5.11 Å². The van der Waals surface area contributed by atoms with E-state index < -0.39 is 0 Å². The molecule has 0 aliphatic carbocycles. The van der Waals surface area contributed by atoms with Gasteiger partial charge in [-0.2, -0.15) is 5.10 Å². The summed E-state index contributed by atoms with van der Waals surface area (Å²) in [6.07, 6.45) is 2.30. The minimum Gasteiger partial charge on any atom is -0.396 e. The summed E-state index contributed by atoms with van der Waals surface area (Å²) < 4.78 is 1.78. The molecule has 4 heteroatoms. The number of hydrogen-bond donors (Lipinski definition) is 1. The Hall–Kier alpha value is -0.540. The first-order valence-corrected chi connectivity index (χ1v) is 5.13. The van der Waals surface area contributed by atoms with E-state index in [1.165, 1.54) is 0 Å². The van der Waals surface area contributed by atoms with Crippen molar-refractivity contribution in [1.29, 1.82) is 0 Å². The number of halogens is 1. The maximum Gasteiger partial charge on any atom is 0.130 e. The Kier molecular flexibility index (Phi) is 3.56. The van der Waals surface area contributed by atoms with Crippen LogP contribution in [0, 0.1) is 5.41 Å². The second kappa shape index (κ2) is 4.32. The monoisotopic (exact) mass is 216 g/mol. The molecule has 0 aromatic carbocycles. The van der Waals surface area contributed by atoms with Gasteiger partial charge in [-0.1, -0.05) is 32.4 Å². The minimum absolute atomic E-state index is 0.112. The summed E-state index contributed by atoms with van der Waals surface area (Å²) in [4.78, 5) is 0. The molecule has 1 N–H and O–H groups in total. The summed E-state index contributed by atoms with van der Waals surface area (Å²) in [5.41, 5.74) is 1.07. The summed E-state index contributed by atoms with van der Waals surface area (Å²) in [6.45, 7) is 7.31. The average molecular weight is 217 g/mol. The molecule has 0 fully saturated rings. The molecule has 0 atom stereocenters. The highest BCUT2D eigenvalue weighted by Gasteiger charge is 2.15. The number of rotatable bonds is 3. The lowest BCUT2D eigenvalue weighted by molar-refractivity contribution is 0.299. The Morgan fingerprint density at radius 2 is 2.14 bits per heavy atom. The number of aliphatic hydroxyl groups excluding tert-OH is 1. The largest absolute Gasteiger partial charge is 0.396 e. The third-order valence-electron chi connectivity index (χ3n) is 1.85. The zero-order chi connectivity index (χ0) is 10.8. The molecule has 14 heavy (non-hydrogen) atoms. The SMILES string of the molecule is CC(C)(C)Cn1ncc(CCO)c1Cl. The first kappa shape index (κ1) is 11.5. The highest BCUT2D eigenvalue weighted by Crippen LogP contribution is 2.22. The topological polar surface area (TPSA) is 38.0 Å². The van der Waals surface area contributed by atoms with Crippen LogP contribution < -0.4 is 0 Å². The van der Waals surface area contributed by atoms with Gasteiger partial charge in [0.25, 0.3) is 0 Å². The Balaban J connectivity index is 2.79. The molecule has 1 aromatic rings. The Bertz CT molecular complexity index is 302. The number of hydrogen-bond acceptors (Lipinski definition) is 2. The van der Waals surface area contributed by atoms with Gasteiger partial charge in [0.2, 0.25) is 0 Å². The highest BCUT2D eigenvalue weighted by molar-refractivity contribution is 6.30. The summed E-state index contributed by atoms with van der Waals surface area (Å²) in [5, 5.41) is 13.6. The fourth-order valence-electron chi connectivity index (χ4n) is 1.26. The van der Waals surface area contributed by atoms with Crippen LogP contribution in [0.5, 0.6) is 0 Å². The minimum atomic E-state index is 0.112. The predicted molar refractivity (Wildman–Crippen MR) is 57.5 cm³/mol. The van der Waals surface area contributed by atoms with Gasteiger partial charge in [0, 0.05) is 25.1 Å². The van der Waals surface area contributed by atoms with Crippen molar-refractivity contribution < 1.29 is 5.11 Å². The van der Waals surface area contributed by atoms with Crippen molar-refractivity contribution in [2.75, 3.05) is 6.61 Å². The molecule has 0 radical (unpaired) electrons. The number of aliphatic hydroxyl groups is 1. The van der Waals surface area contributed by atoms with Crippen LogP contribution in [0.15, 0.2) is 6.20 Å². The maximum atomic E-state index is 8.79. The summed E-state index contributed by atoms with van der Waals surface area (Å²) in [5.74, 6) is 0. The molecule has 80 valence electrons. The second-order valence-corrected chi connectivity index (χ2v) is 5.01. The molecule has 0 amide bonds. The molecule has 0 aliphatic heterocycles. The van der Waals surface area contributed by atoms with E-state index in [4.69, 9.17) is 16.7 Å². The maximum absolute atomic E-state index is 8.79. The van der Waals surface area contributed by atoms with Crippen LogP contribution in [0.2, 0.25) is 5.15 Å². The molecular formula is C10H17ClN2O. The fraction of sp³-hybridized carbons (Fsp3) is 0.700. The van der Waals surface area contributed by atoms with Gasteiger partial charge in [-0.05, 0) is 5.41 Å². The van der Waals surface area contributed by atoms with E-state index in [9.17, 15) is 0 Å². The van der Waals surface area contributed by atoms with Crippen LogP contribution in [0.4, 0.5) is 0 Å². The molecule has 1 heterocycles. The van der Waals surface area contributed by atoms with Crippen LogP contribution in [0.25, 0.3) is 0 Å². The molecular weight excluding hydrogens is 200 g/mol. The Labute approximate surface area is 89.7 Å². The molecule has 1 aromatic heterocycles. The van der Waals surface area contributed by atoms with Crippen molar-refractivity contribution in [2.45, 2.75) is 33.7 Å². The number of aromatic nitrogens is 2. The highest BCUT2D eigenvalue weighted by atomic mass is 35.5. The molecule has 0 saturated carbocycles. The van der Waals surface area contributed by atoms with E-state index in [0.717, 1.165) is 12.1 Å². The predicted octanol–water partition coefficient (Wildman–Crippen LogP) is 2.12. The van der Waals surface area contributed by atoms with Gasteiger partial charge in [-0.15, -0.1) is 0 Å². The first-order chi connectivity index (χ1) is 6.44. The summed E-state index contributed by atoms with van der Waals surface area (Å²) in [7, 11) is 0. The molecule has 0 saturated heterocycles. The van der Waals surface area contributed by atoms with E-state index in [-0.39, 0.29) is 12.0 Å². The van der Waals surface area contributed by atoms with E-state index >= 15 is 0 Å². The third kappa shape index (κ3) is 3.00. The lowest BCUT2D eigenvalue weighted by atomic mass is 9.97. The zero-order valence-electron chi connectivity index (χ0n) is 8.92. The molecule has 3 nitrogen and oxygen atoms in total. The van der Waals surface area contributed by atoms with Gasteiger partial charge in [0.15, 0.2) is 0 Å². The van der Waals surface area contributed by atoms with Crippen molar-refractivity contribution in [3.05, 3.63) is 16.9 Å². The fourth-order valence-corrected chi connectivity index (χ4v) is 1.50. The van der Waals surface area contributed by atoms with Crippen LogP contribution in [0.1, 0.15) is 26.3 Å². The molecule has 0 bridgehead atoms. The lowest BCUT2D eigenvalue weighted by Gasteiger charge is -2.18. The van der Waals surface area contributed by atoms with E-state index in [2.05, 4.69) is 25.9 Å². The number of nitrogens with zero attached hydrogens (tertiary/aromatic N) is 2. The Morgan fingerprint density at radius 1 is 1.50 bits per heavy atom. The van der Waals surface area contributed by atoms with Gasteiger partial charge in [-0.3, -0.25) is 4.68 Å². The summed E-state index contributed by atoms with van der Waals surface area (Å²) >= 11 is 6.10. The smallest absolute Gasteiger partial charge is 0.130 e. The van der Waals surface area contributed by atoms with Crippen molar-refractivity contribution in [3.8, 4) is 0 Å². The van der Waals surface area contributed by atoms with Crippen LogP contribution in [-0.2, 0) is 13.0 Å². The normalized spacial score (nSPS) is 12.1. The average Bonchev–Trinajstić information content (AvgIpc) is 2.34. The van der Waals surface area contributed by atoms with Crippen LogP contribution in [-0.4, -0.2) is 21.5 Å².